The fourth-order valence-electron chi connectivity index (χ4n) is 1.93. The van der Waals surface area contributed by atoms with E-state index < -0.39 is 0 Å². The first kappa shape index (κ1) is 15.5. The summed E-state index contributed by atoms with van der Waals surface area (Å²) in [6.45, 7) is 6.75. The van der Waals surface area contributed by atoms with Gasteiger partial charge in [0.25, 0.3) is 0 Å². The van der Waals surface area contributed by atoms with Gasteiger partial charge in [-0.25, -0.2) is 0 Å². The van der Waals surface area contributed by atoms with Crippen LogP contribution in [0.1, 0.15) is 24.5 Å². The predicted molar refractivity (Wildman–Crippen MR) is 75.5 cm³/mol. The van der Waals surface area contributed by atoms with Crippen molar-refractivity contribution in [1.29, 1.82) is 0 Å². The molecule has 0 aliphatic rings. The molecule has 0 aromatic heterocycles. The van der Waals surface area contributed by atoms with E-state index in [1.807, 2.05) is 26.0 Å². The number of carbonyl (C=O) groups excluding carboxylic acids is 1. The van der Waals surface area contributed by atoms with E-state index in [-0.39, 0.29) is 12.0 Å². The number of ether oxygens (including phenoxy) is 2. The summed E-state index contributed by atoms with van der Waals surface area (Å²) < 4.78 is 10.7. The van der Waals surface area contributed by atoms with E-state index in [2.05, 4.69) is 11.4 Å². The number of carbonyl (C=O) groups is 1. The van der Waals surface area contributed by atoms with Crippen LogP contribution in [0.2, 0.25) is 0 Å². The highest BCUT2D eigenvalue weighted by atomic mass is 16.5. The summed E-state index contributed by atoms with van der Waals surface area (Å²) in [5.41, 5.74) is 2.34. The van der Waals surface area contributed by atoms with E-state index in [1.165, 1.54) is 11.1 Å². The maximum absolute atomic E-state index is 11.6. The number of rotatable bonds is 7. The largest absolute Gasteiger partial charge is 0.494 e. The molecule has 0 aliphatic heterocycles. The van der Waals surface area contributed by atoms with Crippen LogP contribution in [-0.2, 0) is 9.53 Å². The molecule has 0 radical (unpaired) electrons. The highest BCUT2D eigenvalue weighted by Crippen LogP contribution is 2.16. The highest BCUT2D eigenvalue weighted by molar-refractivity contribution is 5.75. The van der Waals surface area contributed by atoms with Crippen LogP contribution in [0.5, 0.6) is 5.75 Å². The Morgan fingerprint density at radius 2 is 1.89 bits per heavy atom. The Hall–Kier alpha value is -1.55. The Morgan fingerprint density at radius 1 is 1.26 bits per heavy atom. The minimum Gasteiger partial charge on any atom is -0.494 e. The molecular formula is C15H23NO3. The van der Waals surface area contributed by atoms with Gasteiger partial charge in [-0.15, -0.1) is 0 Å². The van der Waals surface area contributed by atoms with Crippen molar-refractivity contribution in [2.75, 3.05) is 20.3 Å². The first-order chi connectivity index (χ1) is 9.06. The first-order valence-electron chi connectivity index (χ1n) is 6.61. The summed E-state index contributed by atoms with van der Waals surface area (Å²) in [6, 6.07) is 5.77. The fourth-order valence-corrected chi connectivity index (χ4v) is 1.93. The van der Waals surface area contributed by atoms with Crippen molar-refractivity contribution in [3.8, 4) is 5.75 Å². The summed E-state index contributed by atoms with van der Waals surface area (Å²) in [5, 5.41) is 2.94. The average molecular weight is 265 g/mol. The third-order valence-electron chi connectivity index (χ3n) is 2.79. The Morgan fingerprint density at radius 3 is 2.42 bits per heavy atom. The molecule has 1 unspecified atom stereocenters. The summed E-state index contributed by atoms with van der Waals surface area (Å²) in [4.78, 5) is 11.6. The quantitative estimate of drug-likeness (QED) is 0.768. The lowest BCUT2D eigenvalue weighted by Crippen LogP contribution is -2.36. The molecule has 19 heavy (non-hydrogen) atoms. The van der Waals surface area contributed by atoms with Crippen molar-refractivity contribution in [3.63, 3.8) is 0 Å². The fraction of sp³-hybridized carbons (Fsp3) is 0.533. The summed E-state index contributed by atoms with van der Waals surface area (Å²) in [6.07, 6.45) is 0.586. The Labute approximate surface area is 115 Å². The van der Waals surface area contributed by atoms with E-state index >= 15 is 0 Å². The van der Waals surface area contributed by atoms with Crippen LogP contribution >= 0.6 is 0 Å². The van der Waals surface area contributed by atoms with Gasteiger partial charge < -0.3 is 14.8 Å². The molecule has 0 bridgehead atoms. The molecule has 0 aliphatic carbocycles. The molecule has 1 rings (SSSR count). The van der Waals surface area contributed by atoms with Gasteiger partial charge in [-0.05, 0) is 51.1 Å². The zero-order chi connectivity index (χ0) is 14.3. The molecule has 1 N–H and O–H groups in total. The van der Waals surface area contributed by atoms with E-state index in [0.717, 1.165) is 5.75 Å². The van der Waals surface area contributed by atoms with Crippen LogP contribution in [0.3, 0.4) is 0 Å². The van der Waals surface area contributed by atoms with Gasteiger partial charge in [0.2, 0.25) is 0 Å². The lowest BCUT2D eigenvalue weighted by Gasteiger charge is -2.15. The number of nitrogens with one attached hydrogen (secondary N) is 1. The topological polar surface area (TPSA) is 47.6 Å². The zero-order valence-electron chi connectivity index (χ0n) is 12.2. The van der Waals surface area contributed by atoms with E-state index in [0.29, 0.717) is 19.6 Å². The van der Waals surface area contributed by atoms with Crippen molar-refractivity contribution < 1.29 is 14.3 Å². The molecule has 1 aromatic rings. The maximum Gasteiger partial charge on any atom is 0.323 e. The molecule has 0 spiro atoms. The SMILES string of the molecule is CCOC(=O)C(CCOc1cc(C)cc(C)c1)NC. The normalized spacial score (nSPS) is 12.0. The van der Waals surface area contributed by atoms with Crippen LogP contribution in [0.15, 0.2) is 18.2 Å². The minimum absolute atomic E-state index is 0.228. The van der Waals surface area contributed by atoms with E-state index in [1.54, 1.807) is 14.0 Å². The van der Waals surface area contributed by atoms with Gasteiger partial charge in [-0.2, -0.15) is 0 Å². The van der Waals surface area contributed by atoms with Crippen LogP contribution in [0.25, 0.3) is 0 Å². The van der Waals surface area contributed by atoms with E-state index in [4.69, 9.17) is 9.47 Å². The van der Waals surface area contributed by atoms with Gasteiger partial charge in [-0.3, -0.25) is 4.79 Å². The Kier molecular flexibility index (Phi) is 6.36. The minimum atomic E-state index is -0.314. The molecule has 0 saturated heterocycles. The van der Waals surface area contributed by atoms with Crippen molar-refractivity contribution in [2.45, 2.75) is 33.2 Å². The summed E-state index contributed by atoms with van der Waals surface area (Å²) in [5.74, 6) is 0.616. The number of hydrogen-bond acceptors (Lipinski definition) is 4. The molecule has 0 saturated carbocycles. The number of esters is 1. The van der Waals surface area contributed by atoms with E-state index in [9.17, 15) is 4.79 Å². The van der Waals surface area contributed by atoms with Crippen LogP contribution in [0.4, 0.5) is 0 Å². The number of likely N-dealkylation sites (N-methyl/N-ethyl adjacent to an activating group) is 1. The number of benzene rings is 1. The highest BCUT2D eigenvalue weighted by Gasteiger charge is 2.17. The van der Waals surface area contributed by atoms with Crippen LogP contribution in [-0.4, -0.2) is 32.3 Å². The van der Waals surface area contributed by atoms with Crippen molar-refractivity contribution in [2.24, 2.45) is 0 Å². The molecule has 1 atom stereocenters. The van der Waals surface area contributed by atoms with Gasteiger partial charge in [0.05, 0.1) is 13.2 Å². The first-order valence-corrected chi connectivity index (χ1v) is 6.61. The molecule has 0 fully saturated rings. The van der Waals surface area contributed by atoms with Gasteiger partial charge >= 0.3 is 5.97 Å². The second-order valence-corrected chi connectivity index (χ2v) is 4.55. The summed E-state index contributed by atoms with van der Waals surface area (Å²) in [7, 11) is 1.75. The molecule has 4 heteroatoms. The average Bonchev–Trinajstić information content (AvgIpc) is 2.33. The van der Waals surface area contributed by atoms with Crippen molar-refractivity contribution in [3.05, 3.63) is 29.3 Å². The second kappa shape index (κ2) is 7.79. The third-order valence-corrected chi connectivity index (χ3v) is 2.79. The smallest absolute Gasteiger partial charge is 0.323 e. The van der Waals surface area contributed by atoms with Gasteiger partial charge in [0.1, 0.15) is 11.8 Å². The Balaban J connectivity index is 2.45. The van der Waals surface area contributed by atoms with Crippen LogP contribution < -0.4 is 10.1 Å². The standard InChI is InChI=1S/C15H23NO3/c1-5-18-15(17)14(16-4)6-7-19-13-9-11(2)8-12(3)10-13/h8-10,14,16H,5-7H2,1-4H3. The summed E-state index contributed by atoms with van der Waals surface area (Å²) >= 11 is 0. The van der Waals surface area contributed by atoms with Gasteiger partial charge in [-0.1, -0.05) is 6.07 Å². The molecule has 0 heterocycles. The molecule has 1 aromatic carbocycles. The molecular weight excluding hydrogens is 242 g/mol. The molecule has 106 valence electrons. The molecule has 4 nitrogen and oxygen atoms in total. The van der Waals surface area contributed by atoms with Crippen LogP contribution in [0, 0.1) is 13.8 Å². The van der Waals surface area contributed by atoms with Crippen molar-refractivity contribution in [1.82, 2.24) is 5.32 Å². The van der Waals surface area contributed by atoms with Gasteiger partial charge in [0.15, 0.2) is 0 Å². The zero-order valence-corrected chi connectivity index (χ0v) is 12.2. The van der Waals surface area contributed by atoms with Crippen molar-refractivity contribution >= 4 is 5.97 Å². The lowest BCUT2D eigenvalue weighted by atomic mass is 10.1. The Bertz CT molecular complexity index is 398. The van der Waals surface area contributed by atoms with Gasteiger partial charge in [0, 0.05) is 6.42 Å². The second-order valence-electron chi connectivity index (χ2n) is 4.55. The monoisotopic (exact) mass is 265 g/mol. The maximum atomic E-state index is 11.6. The lowest BCUT2D eigenvalue weighted by molar-refractivity contribution is -0.145. The molecule has 0 amide bonds. The number of aryl methyl sites for hydroxylation is 2. The number of hydrogen-bond donors (Lipinski definition) is 1. The third kappa shape index (κ3) is 5.30. The predicted octanol–water partition coefficient (Wildman–Crippen LogP) is 2.22.